The van der Waals surface area contributed by atoms with Crippen molar-refractivity contribution in [3.05, 3.63) is 65.8 Å². The second kappa shape index (κ2) is 7.27. The summed E-state index contributed by atoms with van der Waals surface area (Å²) in [6.45, 7) is 1.11. The van der Waals surface area contributed by atoms with Crippen LogP contribution in [-0.4, -0.2) is 34.4 Å². The fourth-order valence-electron chi connectivity index (χ4n) is 2.93. The highest BCUT2D eigenvalue weighted by Gasteiger charge is 2.37. The summed E-state index contributed by atoms with van der Waals surface area (Å²) in [6, 6.07) is 11.9. The van der Waals surface area contributed by atoms with Crippen LogP contribution < -0.4 is 4.90 Å². The van der Waals surface area contributed by atoms with Gasteiger partial charge in [-0.15, -0.1) is 10.2 Å². The lowest BCUT2D eigenvalue weighted by Crippen LogP contribution is -2.35. The van der Waals surface area contributed by atoms with Crippen LogP contribution in [0.4, 0.5) is 10.1 Å². The van der Waals surface area contributed by atoms with Crippen LogP contribution in [0.5, 0.6) is 0 Å². The molecule has 2 heterocycles. The lowest BCUT2D eigenvalue weighted by molar-refractivity contribution is -0.148. The SMILES string of the molecule is C[C@@H](OC(=O)CN1C(=O)C(=O)c2ccccc21)c1nnc(-c2ccc(F)cc2)o1. The Bertz CT molecular complexity index is 1110. The molecule has 3 aromatic rings. The van der Waals surface area contributed by atoms with Crippen molar-refractivity contribution in [2.75, 3.05) is 11.4 Å². The topological polar surface area (TPSA) is 103 Å². The largest absolute Gasteiger partial charge is 0.451 e. The third-order valence-corrected chi connectivity index (χ3v) is 4.35. The van der Waals surface area contributed by atoms with E-state index in [1.165, 1.54) is 37.3 Å². The van der Waals surface area contributed by atoms with Crippen LogP contribution >= 0.6 is 0 Å². The summed E-state index contributed by atoms with van der Waals surface area (Å²) < 4.78 is 23.8. The van der Waals surface area contributed by atoms with Gasteiger partial charge in [0.25, 0.3) is 17.6 Å². The first kappa shape index (κ1) is 18.5. The third-order valence-electron chi connectivity index (χ3n) is 4.35. The number of ketones is 1. The molecule has 0 N–H and O–H groups in total. The molecular weight excluding hydrogens is 381 g/mol. The van der Waals surface area contributed by atoms with Crippen molar-refractivity contribution in [1.29, 1.82) is 0 Å². The second-order valence-corrected chi connectivity index (χ2v) is 6.32. The van der Waals surface area contributed by atoms with Crippen molar-refractivity contribution >= 4 is 23.3 Å². The highest BCUT2D eigenvalue weighted by Crippen LogP contribution is 2.29. The predicted molar refractivity (Wildman–Crippen MR) is 97.3 cm³/mol. The maximum atomic E-state index is 13.0. The van der Waals surface area contributed by atoms with E-state index in [-0.39, 0.29) is 17.3 Å². The molecule has 0 fully saturated rings. The number of benzene rings is 2. The van der Waals surface area contributed by atoms with E-state index in [9.17, 15) is 18.8 Å². The summed E-state index contributed by atoms with van der Waals surface area (Å²) >= 11 is 0. The summed E-state index contributed by atoms with van der Waals surface area (Å²) in [5.74, 6) is -2.39. The molecule has 146 valence electrons. The van der Waals surface area contributed by atoms with Crippen LogP contribution in [0.25, 0.3) is 11.5 Å². The van der Waals surface area contributed by atoms with Crippen molar-refractivity contribution in [1.82, 2.24) is 10.2 Å². The number of aromatic nitrogens is 2. The van der Waals surface area contributed by atoms with E-state index in [2.05, 4.69) is 10.2 Å². The summed E-state index contributed by atoms with van der Waals surface area (Å²) in [4.78, 5) is 37.5. The minimum absolute atomic E-state index is 0.0434. The van der Waals surface area contributed by atoms with Gasteiger partial charge in [0.05, 0.1) is 11.3 Å². The van der Waals surface area contributed by atoms with E-state index in [0.717, 1.165) is 4.90 Å². The van der Waals surface area contributed by atoms with Crippen LogP contribution in [0.15, 0.2) is 52.9 Å². The molecule has 1 aromatic heterocycles. The maximum absolute atomic E-state index is 13.0. The minimum atomic E-state index is -0.882. The average Bonchev–Trinajstić information content (AvgIpc) is 3.29. The number of carbonyl (C=O) groups is 3. The van der Waals surface area contributed by atoms with Crippen molar-refractivity contribution < 1.29 is 27.9 Å². The Morgan fingerprint density at radius 1 is 1.14 bits per heavy atom. The van der Waals surface area contributed by atoms with E-state index < -0.39 is 36.1 Å². The molecule has 0 saturated carbocycles. The number of halogens is 1. The van der Waals surface area contributed by atoms with Gasteiger partial charge in [-0.05, 0) is 43.3 Å². The molecule has 0 unspecified atom stereocenters. The van der Waals surface area contributed by atoms with Gasteiger partial charge in [-0.25, -0.2) is 4.39 Å². The van der Waals surface area contributed by atoms with Crippen LogP contribution in [0.1, 0.15) is 29.3 Å². The first-order valence-electron chi connectivity index (χ1n) is 8.68. The van der Waals surface area contributed by atoms with Crippen LogP contribution in [0.2, 0.25) is 0 Å². The lowest BCUT2D eigenvalue weighted by Gasteiger charge is -2.16. The van der Waals surface area contributed by atoms with Crippen LogP contribution in [0.3, 0.4) is 0 Å². The molecule has 2 aromatic carbocycles. The number of hydrogen-bond acceptors (Lipinski definition) is 7. The van der Waals surface area contributed by atoms with Gasteiger partial charge in [-0.1, -0.05) is 12.1 Å². The standard InChI is InChI=1S/C20H14FN3O5/c1-11(18-22-23-19(29-18)12-6-8-13(21)9-7-12)28-16(25)10-24-15-5-3-2-4-14(15)17(26)20(24)27/h2-9,11H,10H2,1H3/t11-/m1/s1. The predicted octanol–water partition coefficient (Wildman–Crippen LogP) is 2.71. The first-order chi connectivity index (χ1) is 13.9. The van der Waals surface area contributed by atoms with Gasteiger partial charge in [-0.2, -0.15) is 0 Å². The summed E-state index contributed by atoms with van der Waals surface area (Å²) in [7, 11) is 0. The van der Waals surface area contributed by atoms with Gasteiger partial charge < -0.3 is 9.15 Å². The average molecular weight is 395 g/mol. The number of ether oxygens (including phenoxy) is 1. The molecule has 0 bridgehead atoms. The monoisotopic (exact) mass is 395 g/mol. The Labute approximate surface area is 163 Å². The Hall–Kier alpha value is -3.88. The van der Waals surface area contributed by atoms with Gasteiger partial charge >= 0.3 is 5.97 Å². The number of esters is 1. The highest BCUT2D eigenvalue weighted by atomic mass is 19.1. The zero-order chi connectivity index (χ0) is 20.5. The van der Waals surface area contributed by atoms with Crippen molar-refractivity contribution in [2.24, 2.45) is 0 Å². The molecule has 8 nitrogen and oxygen atoms in total. The van der Waals surface area contributed by atoms with Crippen LogP contribution in [0, 0.1) is 5.82 Å². The number of hydrogen-bond donors (Lipinski definition) is 0. The van der Waals surface area contributed by atoms with E-state index >= 15 is 0 Å². The number of fused-ring (bicyclic) bond motifs is 1. The third kappa shape index (κ3) is 3.49. The van der Waals surface area contributed by atoms with Gasteiger partial charge in [0, 0.05) is 5.56 Å². The number of carbonyl (C=O) groups excluding carboxylic acids is 3. The van der Waals surface area contributed by atoms with Crippen molar-refractivity contribution in [3.8, 4) is 11.5 Å². The molecule has 0 saturated heterocycles. The molecular formula is C20H14FN3O5. The molecule has 1 atom stereocenters. The van der Waals surface area contributed by atoms with E-state index in [1.54, 1.807) is 18.2 Å². The van der Waals surface area contributed by atoms with E-state index in [4.69, 9.17) is 9.15 Å². The Morgan fingerprint density at radius 2 is 1.86 bits per heavy atom. The second-order valence-electron chi connectivity index (χ2n) is 6.32. The number of para-hydroxylation sites is 1. The number of amides is 1. The summed E-state index contributed by atoms with van der Waals surface area (Å²) in [5.41, 5.74) is 1.13. The van der Waals surface area contributed by atoms with E-state index in [0.29, 0.717) is 11.3 Å². The Kier molecular flexibility index (Phi) is 4.63. The molecule has 0 aliphatic carbocycles. The molecule has 0 spiro atoms. The summed E-state index contributed by atoms with van der Waals surface area (Å²) in [6.07, 6.45) is -0.882. The number of Topliss-reactive ketones (excluding diaryl/α,β-unsaturated/α-hetero) is 1. The molecule has 0 radical (unpaired) electrons. The van der Waals surface area contributed by atoms with E-state index in [1.807, 2.05) is 0 Å². The van der Waals surface area contributed by atoms with Gasteiger partial charge in [0.15, 0.2) is 6.10 Å². The quantitative estimate of drug-likeness (QED) is 0.483. The van der Waals surface area contributed by atoms with Gasteiger partial charge in [0.2, 0.25) is 5.89 Å². The fourth-order valence-corrected chi connectivity index (χ4v) is 2.93. The molecule has 1 aliphatic rings. The summed E-state index contributed by atoms with van der Waals surface area (Å²) in [5, 5.41) is 7.70. The molecule has 9 heteroatoms. The zero-order valence-corrected chi connectivity index (χ0v) is 15.2. The minimum Gasteiger partial charge on any atom is -0.451 e. The normalized spacial score (nSPS) is 14.1. The molecule has 1 amide bonds. The molecule has 29 heavy (non-hydrogen) atoms. The van der Waals surface area contributed by atoms with Crippen LogP contribution in [-0.2, 0) is 14.3 Å². The van der Waals surface area contributed by atoms with Gasteiger partial charge in [-0.3, -0.25) is 19.3 Å². The van der Waals surface area contributed by atoms with Crippen molar-refractivity contribution in [3.63, 3.8) is 0 Å². The first-order valence-corrected chi connectivity index (χ1v) is 8.68. The zero-order valence-electron chi connectivity index (χ0n) is 15.2. The Balaban J connectivity index is 1.43. The maximum Gasteiger partial charge on any atom is 0.326 e. The highest BCUT2D eigenvalue weighted by molar-refractivity contribution is 6.52. The number of rotatable bonds is 5. The van der Waals surface area contributed by atoms with Gasteiger partial charge in [0.1, 0.15) is 12.4 Å². The van der Waals surface area contributed by atoms with Crippen molar-refractivity contribution in [2.45, 2.75) is 13.0 Å². The number of anilines is 1. The number of nitrogens with zero attached hydrogens (tertiary/aromatic N) is 3. The Morgan fingerprint density at radius 3 is 2.62 bits per heavy atom. The molecule has 1 aliphatic heterocycles. The molecule has 4 rings (SSSR count). The smallest absolute Gasteiger partial charge is 0.326 e. The lowest BCUT2D eigenvalue weighted by atomic mass is 10.1. The fraction of sp³-hybridized carbons (Fsp3) is 0.150.